The summed E-state index contributed by atoms with van der Waals surface area (Å²) in [4.78, 5) is 54.4. The smallest absolute Gasteiger partial charge is 0.407 e. The topological polar surface area (TPSA) is 195 Å². The summed E-state index contributed by atoms with van der Waals surface area (Å²) < 4.78 is 59.6. The number of rotatable bonds is 14. The summed E-state index contributed by atoms with van der Waals surface area (Å²) in [7, 11) is -4.10. The number of nitrogens with one attached hydrogen (secondary N) is 4. The van der Waals surface area contributed by atoms with E-state index in [4.69, 9.17) is 10.1 Å². The number of alkyl halides is 2. The van der Waals surface area contributed by atoms with E-state index >= 15 is 0 Å². The van der Waals surface area contributed by atoms with Crippen LogP contribution in [0.3, 0.4) is 0 Å². The summed E-state index contributed by atoms with van der Waals surface area (Å²) in [6.07, 6.45) is 0.766. The van der Waals surface area contributed by atoms with E-state index in [-0.39, 0.29) is 19.6 Å². The zero-order chi connectivity index (χ0) is 39.9. The second kappa shape index (κ2) is 15.4. The van der Waals surface area contributed by atoms with Gasteiger partial charge < -0.3 is 25.4 Å². The molecule has 16 heteroatoms. The molecule has 5 N–H and O–H groups in total. The van der Waals surface area contributed by atoms with E-state index in [1.165, 1.54) is 0 Å². The van der Waals surface area contributed by atoms with Crippen molar-refractivity contribution >= 4 is 45.6 Å². The third-order valence-corrected chi connectivity index (χ3v) is 12.4. The molecule has 2 saturated carbocycles. The van der Waals surface area contributed by atoms with E-state index in [0.29, 0.717) is 37.8 Å². The Kier molecular flexibility index (Phi) is 11.2. The first-order chi connectivity index (χ1) is 25.9. The number of unbranched alkanes of at least 4 members (excludes halogenated alkanes) is 2. The van der Waals surface area contributed by atoms with E-state index in [0.717, 1.165) is 32.7 Å². The van der Waals surface area contributed by atoms with E-state index in [2.05, 4.69) is 10.6 Å². The zero-order valence-corrected chi connectivity index (χ0v) is 31.8. The Hall–Kier alpha value is -4.70. The number of halogens is 2. The molecule has 5 atom stereocenters. The van der Waals surface area contributed by atoms with E-state index in [1.54, 1.807) is 20.8 Å². The fourth-order valence-corrected chi connectivity index (χ4v) is 8.62. The Balaban J connectivity index is 1.00. The maximum Gasteiger partial charge on any atom is 0.407 e. The van der Waals surface area contributed by atoms with Crippen molar-refractivity contribution < 1.29 is 46.2 Å². The second-order valence-electron chi connectivity index (χ2n) is 15.9. The Labute approximate surface area is 318 Å². The summed E-state index contributed by atoms with van der Waals surface area (Å²) in [5, 5.41) is 23.1. The van der Waals surface area contributed by atoms with Crippen LogP contribution in [0.25, 0.3) is 17.2 Å². The van der Waals surface area contributed by atoms with Gasteiger partial charge in [-0.2, -0.15) is 0 Å². The van der Waals surface area contributed by atoms with Crippen LogP contribution in [0.2, 0.25) is 0 Å². The van der Waals surface area contributed by atoms with Crippen LogP contribution in [-0.2, 0) is 29.1 Å². The van der Waals surface area contributed by atoms with Gasteiger partial charge in [0.05, 0.1) is 29.6 Å². The van der Waals surface area contributed by atoms with Crippen LogP contribution >= 0.6 is 0 Å². The number of sulfonamides is 1. The van der Waals surface area contributed by atoms with Gasteiger partial charge in [0, 0.05) is 24.1 Å². The molecule has 3 fully saturated rings. The molecule has 1 aliphatic heterocycles. The average Bonchev–Trinajstić information content (AvgIpc) is 4.05. The minimum atomic E-state index is -4.10. The Morgan fingerprint density at radius 3 is 2.40 bits per heavy atom. The van der Waals surface area contributed by atoms with Crippen LogP contribution in [-0.4, -0.2) is 96.5 Å². The summed E-state index contributed by atoms with van der Waals surface area (Å²) >= 11 is 0. The molecule has 4 amide bonds. The zero-order valence-electron chi connectivity index (χ0n) is 30.9. The van der Waals surface area contributed by atoms with Gasteiger partial charge in [0.1, 0.15) is 17.6 Å². The van der Waals surface area contributed by atoms with Crippen LogP contribution in [0, 0.1) is 16.7 Å². The normalized spacial score (nSPS) is 23.7. The van der Waals surface area contributed by atoms with Gasteiger partial charge in [0.25, 0.3) is 5.91 Å². The molecule has 6 rings (SSSR count). The molecule has 296 valence electrons. The van der Waals surface area contributed by atoms with Crippen molar-refractivity contribution in [2.45, 2.75) is 101 Å². The molecule has 55 heavy (non-hydrogen) atoms. The molecule has 13 nitrogen and oxygen atoms in total. The first-order valence-electron chi connectivity index (χ1n) is 18.5. The van der Waals surface area contributed by atoms with Crippen molar-refractivity contribution in [2.24, 2.45) is 11.3 Å². The highest BCUT2D eigenvalue weighted by Crippen LogP contribution is 2.48. The first-order valence-corrected chi connectivity index (χ1v) is 20.0. The highest BCUT2D eigenvalue weighted by molar-refractivity contribution is 7.91. The lowest BCUT2D eigenvalue weighted by Crippen LogP contribution is -2.60. The predicted octanol–water partition coefficient (Wildman–Crippen LogP) is 4.12. The number of alkyl carbamates (subject to hydrolysis) is 1. The number of ether oxygens (including phenoxy) is 1. The van der Waals surface area contributed by atoms with Gasteiger partial charge in [-0.15, -0.1) is 0 Å². The van der Waals surface area contributed by atoms with Gasteiger partial charge in [-0.1, -0.05) is 69.3 Å². The standard InChI is InChI=1S/C39H47F2N5O8S/c1-38(2,3)32(43-37(51)54-17-9-5-4-6-10-22-13-16-26-25-11-7-8-12-27(25)31(42)28(26)18-22)35(49)46-21-23(47)19-30(46)34(48)44-39(20-29(39)33(40)41)36(50)45-55(52,53)24-14-15-24/h6-8,10-13,16,18,23-24,29-30,32-33,42,47H,4-5,9,14-15,17,19-21H2,1-3H3,(H,43,51)(H,44,48)(H,45,50)/b10-6+,42-31?/t23-,29+,30+,32-,39-/m1/s1. The maximum atomic E-state index is 13.9. The Morgan fingerprint density at radius 1 is 1.05 bits per heavy atom. The molecule has 3 aliphatic carbocycles. The third-order valence-electron chi connectivity index (χ3n) is 10.6. The lowest BCUT2D eigenvalue weighted by Gasteiger charge is -2.35. The molecule has 0 radical (unpaired) electrons. The van der Waals surface area contributed by atoms with Gasteiger partial charge in [-0.05, 0) is 66.7 Å². The van der Waals surface area contributed by atoms with Crippen LogP contribution < -0.4 is 15.4 Å². The molecule has 2 aromatic rings. The fraction of sp³-hybridized carbons (Fsp3) is 0.513. The SMILES string of the molecule is CC(C)(C)[C@H](NC(=O)OCCCC/C=C/c1ccc2c(c1)C(=N)c1ccccc1-2)C(=O)N1C[C@H](O)C[C@H]1C(=O)N[C@]1(C(=O)NS(=O)(=O)C2CC2)C[C@H]1C(F)F. The van der Waals surface area contributed by atoms with Crippen LogP contribution in [0.4, 0.5) is 13.6 Å². The summed E-state index contributed by atoms with van der Waals surface area (Å²) in [5.74, 6) is -4.64. The largest absolute Gasteiger partial charge is 0.450 e. The summed E-state index contributed by atoms with van der Waals surface area (Å²) in [6.45, 7) is 4.82. The molecule has 0 spiro atoms. The quantitative estimate of drug-likeness (QED) is 0.151. The molecule has 0 bridgehead atoms. The number of amides is 4. The fourth-order valence-electron chi connectivity index (χ4n) is 7.26. The van der Waals surface area contributed by atoms with Gasteiger partial charge in [0.2, 0.25) is 28.3 Å². The first kappa shape index (κ1) is 40.0. The third kappa shape index (κ3) is 8.59. The molecular formula is C39H47F2N5O8S. The lowest BCUT2D eigenvalue weighted by molar-refractivity contribution is -0.143. The number of β-amino-alcohol motifs (C(OH)–C–C–N with tert-alkyl or cyclic N) is 1. The molecule has 1 heterocycles. The van der Waals surface area contributed by atoms with Crippen LogP contribution in [0.5, 0.6) is 0 Å². The molecular weight excluding hydrogens is 737 g/mol. The number of nitrogens with zero attached hydrogens (tertiary/aromatic N) is 1. The van der Waals surface area contributed by atoms with E-state index < -0.39 is 87.0 Å². The number of aliphatic hydroxyl groups is 1. The van der Waals surface area contributed by atoms with E-state index in [9.17, 15) is 41.5 Å². The minimum Gasteiger partial charge on any atom is -0.450 e. The van der Waals surface area contributed by atoms with Crippen LogP contribution in [0.1, 0.15) is 82.4 Å². The number of hydrogen-bond acceptors (Lipinski definition) is 9. The molecule has 0 aromatic heterocycles. The highest BCUT2D eigenvalue weighted by Gasteiger charge is 2.66. The minimum absolute atomic E-state index is 0.0678. The number of carbonyl (C=O) groups is 4. The number of benzene rings is 2. The van der Waals surface area contributed by atoms with Crippen molar-refractivity contribution in [1.29, 1.82) is 5.41 Å². The lowest BCUT2D eigenvalue weighted by atomic mass is 9.85. The second-order valence-corrected chi connectivity index (χ2v) is 17.8. The van der Waals surface area contributed by atoms with Gasteiger partial charge >= 0.3 is 6.09 Å². The molecule has 4 aliphatic rings. The predicted molar refractivity (Wildman–Crippen MR) is 200 cm³/mol. The Morgan fingerprint density at radius 2 is 1.75 bits per heavy atom. The number of aliphatic hydroxyl groups excluding tert-OH is 1. The summed E-state index contributed by atoms with van der Waals surface area (Å²) in [5.41, 5.74) is 2.31. The monoisotopic (exact) mass is 783 g/mol. The van der Waals surface area contributed by atoms with Gasteiger partial charge in [-0.3, -0.25) is 24.5 Å². The van der Waals surface area contributed by atoms with E-state index in [1.807, 2.05) is 59.3 Å². The maximum absolute atomic E-state index is 13.9. The molecule has 1 saturated heterocycles. The van der Waals surface area contributed by atoms with Gasteiger partial charge in [-0.25, -0.2) is 22.0 Å². The van der Waals surface area contributed by atoms with Gasteiger partial charge in [0.15, 0.2) is 0 Å². The van der Waals surface area contributed by atoms with Crippen LogP contribution in [0.15, 0.2) is 48.5 Å². The van der Waals surface area contributed by atoms with Crippen molar-refractivity contribution in [1.82, 2.24) is 20.3 Å². The molecule has 2 aromatic carbocycles. The van der Waals surface area contributed by atoms with Crippen molar-refractivity contribution in [3.8, 4) is 11.1 Å². The number of hydrogen-bond donors (Lipinski definition) is 5. The Bertz CT molecular complexity index is 2010. The van der Waals surface area contributed by atoms with Crippen molar-refractivity contribution in [2.75, 3.05) is 13.2 Å². The summed E-state index contributed by atoms with van der Waals surface area (Å²) in [6, 6.07) is 11.3. The average molecular weight is 784 g/mol. The highest BCUT2D eigenvalue weighted by atomic mass is 32.2. The number of carbonyl (C=O) groups excluding carboxylic acids is 4. The van der Waals surface area contributed by atoms with Crippen molar-refractivity contribution in [3.05, 3.63) is 65.2 Å². The number of likely N-dealkylation sites (tertiary alicyclic amines) is 1. The molecule has 0 unspecified atom stereocenters. The van der Waals surface area contributed by atoms with Crippen molar-refractivity contribution in [3.63, 3.8) is 0 Å². The number of fused-ring (bicyclic) bond motifs is 3. The number of allylic oxidation sites excluding steroid dienone is 1.